The van der Waals surface area contributed by atoms with E-state index in [1.165, 1.54) is 0 Å². The number of nitrogens with zero attached hydrogens (tertiary/aromatic N) is 2. The summed E-state index contributed by atoms with van der Waals surface area (Å²) in [4.78, 5) is 0. The first-order chi connectivity index (χ1) is 4.43. The molecule has 3 heteroatoms. The molecule has 0 atom stereocenters. The van der Waals surface area contributed by atoms with Crippen molar-refractivity contribution in [2.75, 3.05) is 26.3 Å². The van der Waals surface area contributed by atoms with E-state index in [2.05, 4.69) is 5.10 Å². The molecule has 0 aromatic carbocycles. The second-order valence-electron chi connectivity index (χ2n) is 1.94. The predicted molar refractivity (Wildman–Crippen MR) is 36.6 cm³/mol. The van der Waals surface area contributed by atoms with Crippen LogP contribution in [0, 0.1) is 0 Å². The Balaban J connectivity index is 2.23. The molecular formula is C6H12N2O. The highest BCUT2D eigenvalue weighted by atomic mass is 16.5. The van der Waals surface area contributed by atoms with Crippen LogP contribution >= 0.6 is 0 Å². The van der Waals surface area contributed by atoms with Crippen LogP contribution in [0.15, 0.2) is 5.10 Å². The van der Waals surface area contributed by atoms with Crippen LogP contribution in [-0.2, 0) is 4.74 Å². The number of rotatable bonds is 1. The summed E-state index contributed by atoms with van der Waals surface area (Å²) < 4.78 is 5.13. The van der Waals surface area contributed by atoms with Crippen LogP contribution in [0.25, 0.3) is 0 Å². The fourth-order valence-corrected chi connectivity index (χ4v) is 0.832. The highest BCUT2D eigenvalue weighted by Crippen LogP contribution is 1.94. The van der Waals surface area contributed by atoms with E-state index in [9.17, 15) is 0 Å². The van der Waals surface area contributed by atoms with Gasteiger partial charge in [0.1, 0.15) is 0 Å². The van der Waals surface area contributed by atoms with Crippen LogP contribution in [0.2, 0.25) is 0 Å². The average Bonchev–Trinajstić information content (AvgIpc) is 1.91. The van der Waals surface area contributed by atoms with E-state index in [0.29, 0.717) is 0 Å². The monoisotopic (exact) mass is 128 g/mol. The molecule has 1 fully saturated rings. The third-order valence-corrected chi connectivity index (χ3v) is 1.27. The van der Waals surface area contributed by atoms with Gasteiger partial charge in [0.25, 0.3) is 0 Å². The Kier molecular flexibility index (Phi) is 2.51. The van der Waals surface area contributed by atoms with Crippen LogP contribution in [0.5, 0.6) is 0 Å². The summed E-state index contributed by atoms with van der Waals surface area (Å²) in [7, 11) is 0. The molecule has 0 N–H and O–H groups in total. The number of morpholine rings is 1. The third kappa shape index (κ3) is 2.01. The molecule has 0 aromatic heterocycles. The van der Waals surface area contributed by atoms with Crippen LogP contribution < -0.4 is 0 Å². The number of hydrazone groups is 1. The minimum absolute atomic E-state index is 0.817. The summed E-state index contributed by atoms with van der Waals surface area (Å²) in [5, 5.41) is 6.13. The molecule has 0 amide bonds. The Morgan fingerprint density at radius 2 is 2.11 bits per heavy atom. The normalized spacial score (nSPS) is 21.2. The van der Waals surface area contributed by atoms with Crippen molar-refractivity contribution in [3.63, 3.8) is 0 Å². The summed E-state index contributed by atoms with van der Waals surface area (Å²) in [6, 6.07) is 0. The fourth-order valence-electron chi connectivity index (χ4n) is 0.832. The van der Waals surface area contributed by atoms with Crippen LogP contribution in [0.1, 0.15) is 6.92 Å². The largest absolute Gasteiger partial charge is 0.378 e. The summed E-state index contributed by atoms with van der Waals surface area (Å²) in [5.74, 6) is 0. The van der Waals surface area contributed by atoms with Crippen molar-refractivity contribution < 1.29 is 4.74 Å². The Bertz CT molecular complexity index is 97.2. The molecule has 0 bridgehead atoms. The first-order valence-electron chi connectivity index (χ1n) is 3.25. The van der Waals surface area contributed by atoms with E-state index in [1.807, 2.05) is 18.1 Å². The molecule has 0 radical (unpaired) electrons. The van der Waals surface area contributed by atoms with Gasteiger partial charge >= 0.3 is 0 Å². The first kappa shape index (κ1) is 6.55. The van der Waals surface area contributed by atoms with Crippen molar-refractivity contribution in [2.24, 2.45) is 5.10 Å². The highest BCUT2D eigenvalue weighted by Gasteiger charge is 2.04. The summed E-state index contributed by atoms with van der Waals surface area (Å²) in [5.41, 5.74) is 0. The molecule has 0 aromatic rings. The van der Waals surface area contributed by atoms with Crippen molar-refractivity contribution in [1.29, 1.82) is 0 Å². The number of hydrogen-bond donors (Lipinski definition) is 0. The zero-order valence-corrected chi connectivity index (χ0v) is 5.71. The Morgan fingerprint density at radius 3 is 2.67 bits per heavy atom. The second-order valence-corrected chi connectivity index (χ2v) is 1.94. The van der Waals surface area contributed by atoms with Gasteiger partial charge in [-0.1, -0.05) is 0 Å². The van der Waals surface area contributed by atoms with Crippen LogP contribution in [0.4, 0.5) is 0 Å². The molecular weight excluding hydrogens is 116 g/mol. The molecule has 9 heavy (non-hydrogen) atoms. The van der Waals surface area contributed by atoms with Gasteiger partial charge in [0.05, 0.1) is 26.3 Å². The Morgan fingerprint density at radius 1 is 1.44 bits per heavy atom. The van der Waals surface area contributed by atoms with Crippen LogP contribution in [-0.4, -0.2) is 37.5 Å². The molecule has 0 saturated carbocycles. The summed E-state index contributed by atoms with van der Waals surface area (Å²) in [6.45, 7) is 5.43. The van der Waals surface area contributed by atoms with E-state index in [4.69, 9.17) is 4.74 Å². The van der Waals surface area contributed by atoms with Gasteiger partial charge in [-0.3, -0.25) is 5.01 Å². The third-order valence-electron chi connectivity index (χ3n) is 1.27. The van der Waals surface area contributed by atoms with Gasteiger partial charge in [-0.05, 0) is 6.92 Å². The minimum Gasteiger partial charge on any atom is -0.378 e. The van der Waals surface area contributed by atoms with Crippen molar-refractivity contribution in [3.8, 4) is 0 Å². The molecule has 52 valence electrons. The van der Waals surface area contributed by atoms with Gasteiger partial charge < -0.3 is 4.74 Å². The lowest BCUT2D eigenvalue weighted by Gasteiger charge is -2.23. The minimum atomic E-state index is 0.817. The SMILES string of the molecule is CC=NN1CCOCC1. The molecule has 1 aliphatic heterocycles. The summed E-state index contributed by atoms with van der Waals surface area (Å²) >= 11 is 0. The molecule has 1 heterocycles. The van der Waals surface area contributed by atoms with Gasteiger partial charge in [0, 0.05) is 6.21 Å². The van der Waals surface area contributed by atoms with Gasteiger partial charge in [-0.2, -0.15) is 5.10 Å². The van der Waals surface area contributed by atoms with E-state index in [1.54, 1.807) is 0 Å². The number of ether oxygens (including phenoxy) is 1. The van der Waals surface area contributed by atoms with E-state index < -0.39 is 0 Å². The van der Waals surface area contributed by atoms with Crippen molar-refractivity contribution >= 4 is 6.21 Å². The fraction of sp³-hybridized carbons (Fsp3) is 0.833. The molecule has 1 aliphatic rings. The maximum atomic E-state index is 5.13. The molecule has 0 unspecified atom stereocenters. The summed E-state index contributed by atoms with van der Waals surface area (Å²) in [6.07, 6.45) is 1.81. The van der Waals surface area contributed by atoms with Gasteiger partial charge in [-0.25, -0.2) is 0 Å². The zero-order valence-electron chi connectivity index (χ0n) is 5.71. The molecule has 1 rings (SSSR count). The zero-order chi connectivity index (χ0) is 6.53. The maximum Gasteiger partial charge on any atom is 0.0659 e. The lowest BCUT2D eigenvalue weighted by molar-refractivity contribution is 0.0396. The quantitative estimate of drug-likeness (QED) is 0.475. The van der Waals surface area contributed by atoms with Crippen LogP contribution in [0.3, 0.4) is 0 Å². The standard InChI is InChI=1S/C6H12N2O/c1-2-7-8-3-5-9-6-4-8/h2H,3-6H2,1H3. The Labute approximate surface area is 55.3 Å². The van der Waals surface area contributed by atoms with E-state index in [0.717, 1.165) is 26.3 Å². The van der Waals surface area contributed by atoms with Crippen molar-refractivity contribution in [1.82, 2.24) is 5.01 Å². The first-order valence-corrected chi connectivity index (χ1v) is 3.25. The lowest BCUT2D eigenvalue weighted by atomic mass is 10.5. The van der Waals surface area contributed by atoms with Gasteiger partial charge in [-0.15, -0.1) is 0 Å². The molecule has 0 aliphatic carbocycles. The smallest absolute Gasteiger partial charge is 0.0659 e. The van der Waals surface area contributed by atoms with Crippen molar-refractivity contribution in [2.45, 2.75) is 6.92 Å². The molecule has 3 nitrogen and oxygen atoms in total. The molecule has 1 saturated heterocycles. The van der Waals surface area contributed by atoms with Crippen molar-refractivity contribution in [3.05, 3.63) is 0 Å². The topological polar surface area (TPSA) is 24.8 Å². The predicted octanol–water partition coefficient (Wildman–Crippen LogP) is 0.324. The van der Waals surface area contributed by atoms with E-state index in [-0.39, 0.29) is 0 Å². The van der Waals surface area contributed by atoms with Gasteiger partial charge in [0.2, 0.25) is 0 Å². The average molecular weight is 128 g/mol. The lowest BCUT2D eigenvalue weighted by Crippen LogP contribution is -2.32. The number of hydrogen-bond acceptors (Lipinski definition) is 3. The van der Waals surface area contributed by atoms with Gasteiger partial charge in [0.15, 0.2) is 0 Å². The highest BCUT2D eigenvalue weighted by molar-refractivity contribution is 5.52. The second kappa shape index (κ2) is 3.45. The molecule has 0 spiro atoms. The van der Waals surface area contributed by atoms with E-state index >= 15 is 0 Å². The maximum absolute atomic E-state index is 5.13. The Hall–Kier alpha value is -0.570.